The Morgan fingerprint density at radius 1 is 0.882 bits per heavy atom. The minimum absolute atomic E-state index is 0.0131. The number of unbranched alkanes of at least 4 members (excludes halogenated alkanes) is 10. The van der Waals surface area contributed by atoms with Crippen molar-refractivity contribution in [2.45, 2.75) is 185 Å². The molecule has 1 aromatic heterocycles. The largest absolute Gasteiger partial charge is 0.481 e. The van der Waals surface area contributed by atoms with E-state index in [-0.39, 0.29) is 25.1 Å². The molecule has 390 valence electrons. The summed E-state index contributed by atoms with van der Waals surface area (Å²) in [5, 5.41) is 57.2. The Balaban J connectivity index is 1.88. The first kappa shape index (κ1) is 59.4. The fraction of sp³-hybridized carbons (Fsp3) is 0.778. The van der Waals surface area contributed by atoms with Crippen molar-refractivity contribution >= 4 is 33.4 Å². The van der Waals surface area contributed by atoms with Gasteiger partial charge < -0.3 is 55.3 Å². The van der Waals surface area contributed by atoms with Crippen LogP contribution in [-0.4, -0.2) is 119 Å². The summed E-state index contributed by atoms with van der Waals surface area (Å²) < 4.78 is 58.6. The first-order chi connectivity index (χ1) is 32.2. The molecule has 1 fully saturated rings. The maximum atomic E-state index is 13.3. The van der Waals surface area contributed by atoms with Crippen molar-refractivity contribution in [3.05, 3.63) is 47.1 Å². The highest BCUT2D eigenvalue weighted by Crippen LogP contribution is 2.60. The molecule has 0 saturated carbocycles. The van der Waals surface area contributed by atoms with E-state index in [0.29, 0.717) is 25.2 Å². The number of phosphoric acid groups is 2. The number of hydrogen-bond donors (Lipinski definition) is 8. The highest BCUT2D eigenvalue weighted by atomic mass is 31.3. The topological polar surface area (TPSA) is 326 Å². The van der Waals surface area contributed by atoms with Crippen molar-refractivity contribution in [2.24, 2.45) is 17.8 Å². The van der Waals surface area contributed by atoms with Crippen molar-refractivity contribution in [3.63, 3.8) is 0 Å². The van der Waals surface area contributed by atoms with Gasteiger partial charge in [0.05, 0.1) is 44.1 Å². The average Bonchev–Trinajstić information content (AvgIpc) is 3.26. The number of nitrogen functional groups attached to an aromatic ring is 1. The SMILES string of the molecule is CCCCC[C@@H](O)/C=C/[C@@H]1[C@H](O)[C@H](O)[C@H]2COP(=O)(O)OP(=O)(O)OC[C@H](OC(=O)CCCCCCCCCCCC(C)C)COC(=O)C/C=C\C[C@@H]([C@H](n3ccc(N)nc3=O)O2)[C@@H](O)C[C@H]1O. The number of nitrogens with zero attached hydrogens (tertiary/aromatic N) is 2. The number of fused-ring (bicyclic) bond motifs is 3. The summed E-state index contributed by atoms with van der Waals surface area (Å²) in [6.07, 6.45) is 5.03. The molecule has 3 rings (SSSR count). The summed E-state index contributed by atoms with van der Waals surface area (Å²) in [6, 6.07) is 1.22. The number of carbonyl (C=O) groups is 2. The first-order valence-corrected chi connectivity index (χ1v) is 27.0. The van der Waals surface area contributed by atoms with Gasteiger partial charge in [-0.25, -0.2) is 13.9 Å². The van der Waals surface area contributed by atoms with Crippen LogP contribution in [0.1, 0.15) is 143 Å². The fourth-order valence-electron chi connectivity index (χ4n) is 7.93. The highest BCUT2D eigenvalue weighted by Gasteiger charge is 2.45. The maximum absolute atomic E-state index is 13.3. The molecule has 9 N–H and O–H groups in total. The monoisotopic (exact) mass is 1010 g/mol. The third kappa shape index (κ3) is 22.5. The standard InChI is InChI=1S/C45H77N3O18P2/c1-4-5-13-19-32(49)23-24-34-36(50)27-37(51)35-20-16-17-21-40(52)61-28-33(64-41(53)22-15-12-10-8-6-7-9-11-14-18-31(2)3)29-62-67(57,58)66-68(59,60)63-30-38(43(55)42(34)54)65-44(35)48-26-25-39(46)47-45(48)56/h16-17,23-26,31-38,42-44,49-51,54-55H,4-15,18-22,27-30H2,1-3H3,(H,57,58)(H,59,60)(H2,46,47,56)/b17-16-,24-23+/t32-,33-,34+,35-,36-,37+,38-,42+,43-,44-/m1/s1. The molecule has 23 heteroatoms. The quantitative estimate of drug-likeness (QED) is 0.0356. The lowest BCUT2D eigenvalue weighted by Crippen LogP contribution is -2.52. The molecule has 3 heterocycles. The summed E-state index contributed by atoms with van der Waals surface area (Å²) in [5.74, 6) is -3.72. The Morgan fingerprint density at radius 2 is 1.51 bits per heavy atom. The van der Waals surface area contributed by atoms with Gasteiger partial charge >= 0.3 is 33.3 Å². The third-order valence-corrected chi connectivity index (χ3v) is 14.4. The number of phosphoric ester groups is 2. The third-order valence-electron chi connectivity index (χ3n) is 11.8. The number of hydrogen-bond acceptors (Lipinski definition) is 18. The maximum Gasteiger partial charge on any atom is 0.481 e. The van der Waals surface area contributed by atoms with E-state index in [2.05, 4.69) is 23.1 Å². The van der Waals surface area contributed by atoms with Crippen LogP contribution in [0.2, 0.25) is 0 Å². The molecule has 2 aliphatic rings. The summed E-state index contributed by atoms with van der Waals surface area (Å²) in [5.41, 5.74) is 4.72. The zero-order valence-corrected chi connectivity index (χ0v) is 41.4. The van der Waals surface area contributed by atoms with Crippen LogP contribution in [0, 0.1) is 17.8 Å². The summed E-state index contributed by atoms with van der Waals surface area (Å²) in [7, 11) is -11.3. The van der Waals surface area contributed by atoms with Crippen LogP contribution in [0.4, 0.5) is 5.82 Å². The fourth-order valence-corrected chi connectivity index (χ4v) is 10.0. The van der Waals surface area contributed by atoms with Gasteiger partial charge in [0, 0.05) is 30.9 Å². The van der Waals surface area contributed by atoms with Crippen LogP contribution in [0.5, 0.6) is 0 Å². The minimum atomic E-state index is -5.69. The number of aromatic nitrogens is 2. The van der Waals surface area contributed by atoms with Gasteiger partial charge in [0.1, 0.15) is 30.9 Å². The molecule has 1 aromatic rings. The molecule has 21 nitrogen and oxygen atoms in total. The molecule has 68 heavy (non-hydrogen) atoms. The molecule has 2 unspecified atom stereocenters. The van der Waals surface area contributed by atoms with Gasteiger partial charge in [0.2, 0.25) is 0 Å². The highest BCUT2D eigenvalue weighted by molar-refractivity contribution is 7.61. The molecular formula is C45H77N3O18P2. The summed E-state index contributed by atoms with van der Waals surface area (Å²) in [6.45, 7) is 3.63. The van der Waals surface area contributed by atoms with Gasteiger partial charge in [0.15, 0.2) is 6.10 Å². The van der Waals surface area contributed by atoms with Gasteiger partial charge in [-0.15, -0.1) is 0 Å². The molecule has 0 radical (unpaired) electrons. The number of nitrogens with two attached hydrogens (primary N) is 1. The van der Waals surface area contributed by atoms with E-state index in [0.717, 1.165) is 55.7 Å². The van der Waals surface area contributed by atoms with E-state index in [1.54, 1.807) is 0 Å². The van der Waals surface area contributed by atoms with E-state index < -0.39 is 120 Å². The smallest absolute Gasteiger partial charge is 0.461 e. The second-order valence-corrected chi connectivity index (χ2v) is 21.1. The van der Waals surface area contributed by atoms with Crippen molar-refractivity contribution in [2.75, 3.05) is 25.6 Å². The molecular weight excluding hydrogens is 932 g/mol. The number of carbonyl (C=O) groups excluding carboxylic acids is 2. The normalized spacial score (nSPS) is 31.6. The van der Waals surface area contributed by atoms with E-state index in [9.17, 15) is 58.8 Å². The van der Waals surface area contributed by atoms with Gasteiger partial charge in [-0.05, 0) is 31.2 Å². The molecule has 1 saturated heterocycles. The zero-order chi connectivity index (χ0) is 50.3. The first-order valence-electron chi connectivity index (χ1n) is 24.0. The number of aliphatic hydroxyl groups excluding tert-OH is 5. The lowest BCUT2D eigenvalue weighted by Gasteiger charge is -2.40. The van der Waals surface area contributed by atoms with Crippen molar-refractivity contribution in [1.82, 2.24) is 9.55 Å². The zero-order valence-electron chi connectivity index (χ0n) is 39.7. The number of rotatable bonds is 20. The average molecular weight is 1010 g/mol. The van der Waals surface area contributed by atoms with E-state index in [1.165, 1.54) is 56.1 Å². The number of cyclic esters (lactones) is 1. The van der Waals surface area contributed by atoms with Gasteiger partial charge in [-0.1, -0.05) is 122 Å². The Bertz CT molecular complexity index is 1870. The number of allylic oxidation sites excluding steroid dienone is 1. The van der Waals surface area contributed by atoms with Gasteiger partial charge in [-0.2, -0.15) is 9.29 Å². The lowest BCUT2D eigenvalue weighted by molar-refractivity contribution is -0.194. The van der Waals surface area contributed by atoms with Crippen LogP contribution in [0.3, 0.4) is 0 Å². The number of ether oxygens (including phenoxy) is 3. The Hall–Kier alpha value is -2.88. The van der Waals surface area contributed by atoms with E-state index in [4.69, 9.17) is 29.0 Å². The lowest BCUT2D eigenvalue weighted by atomic mass is 9.82. The van der Waals surface area contributed by atoms with E-state index >= 15 is 0 Å². The van der Waals surface area contributed by atoms with Crippen LogP contribution in [-0.2, 0) is 46.3 Å². The molecule has 0 spiro atoms. The minimum Gasteiger partial charge on any atom is -0.461 e. The van der Waals surface area contributed by atoms with Crippen molar-refractivity contribution in [3.8, 4) is 0 Å². The predicted octanol–water partition coefficient (Wildman–Crippen LogP) is 5.29. The van der Waals surface area contributed by atoms with Crippen molar-refractivity contribution < 1.29 is 81.6 Å². The summed E-state index contributed by atoms with van der Waals surface area (Å²) in [4.78, 5) is 64.0. The molecule has 0 amide bonds. The molecule has 2 aliphatic heterocycles. The molecule has 0 aromatic carbocycles. The van der Waals surface area contributed by atoms with Gasteiger partial charge in [-0.3, -0.25) is 23.2 Å². The van der Waals surface area contributed by atoms with Crippen LogP contribution in [0.15, 0.2) is 41.4 Å². The summed E-state index contributed by atoms with van der Waals surface area (Å²) >= 11 is 0. The number of anilines is 1. The predicted molar refractivity (Wildman–Crippen MR) is 249 cm³/mol. The number of esters is 2. The molecule has 0 aliphatic carbocycles. The Morgan fingerprint density at radius 3 is 2.16 bits per heavy atom. The van der Waals surface area contributed by atoms with Crippen LogP contribution >= 0.6 is 15.6 Å². The molecule has 2 bridgehead atoms. The molecule has 12 atom stereocenters. The Kier molecular flexibility index (Phi) is 26.9. The van der Waals surface area contributed by atoms with Gasteiger partial charge in [0.25, 0.3) is 0 Å². The van der Waals surface area contributed by atoms with Crippen LogP contribution in [0.25, 0.3) is 0 Å². The number of aliphatic hydroxyl groups is 5. The Labute approximate surface area is 399 Å². The van der Waals surface area contributed by atoms with Crippen molar-refractivity contribution in [1.29, 1.82) is 0 Å². The van der Waals surface area contributed by atoms with E-state index in [1.807, 2.05) is 6.92 Å². The second kappa shape index (κ2) is 30.8. The second-order valence-electron chi connectivity index (χ2n) is 18.1. The van der Waals surface area contributed by atoms with Crippen LogP contribution < -0.4 is 11.4 Å².